The molecule has 0 spiro atoms. The van der Waals surface area contributed by atoms with Gasteiger partial charge in [-0.2, -0.15) is 0 Å². The molecule has 0 aromatic heterocycles. The highest BCUT2D eigenvalue weighted by molar-refractivity contribution is 5.77. The summed E-state index contributed by atoms with van der Waals surface area (Å²) in [5, 5.41) is 9.06. The lowest BCUT2D eigenvalue weighted by Gasteiger charge is -2.35. The first-order valence-electron chi connectivity index (χ1n) is 5.99. The maximum absolute atomic E-state index is 12.8. The standard InChI is InChI=1S/C13H16FNO3/c14-10-3-1-4-12(7-10)18-6-2-5-13(17)15-8-11(16)9-15/h1,3-4,7,11,16H,2,5-6,8-9H2. The maximum atomic E-state index is 12.8. The highest BCUT2D eigenvalue weighted by Gasteiger charge is 2.27. The second-order valence-electron chi connectivity index (χ2n) is 4.36. The molecule has 98 valence electrons. The van der Waals surface area contributed by atoms with Gasteiger partial charge in [0.1, 0.15) is 11.6 Å². The molecule has 1 aromatic carbocycles. The lowest BCUT2D eigenvalue weighted by atomic mass is 10.1. The van der Waals surface area contributed by atoms with Gasteiger partial charge in [0.05, 0.1) is 12.7 Å². The first kappa shape index (κ1) is 12.8. The molecule has 1 fully saturated rings. The lowest BCUT2D eigenvalue weighted by Crippen LogP contribution is -2.53. The van der Waals surface area contributed by atoms with E-state index in [0.29, 0.717) is 38.3 Å². The Labute approximate surface area is 105 Å². The van der Waals surface area contributed by atoms with Gasteiger partial charge >= 0.3 is 0 Å². The van der Waals surface area contributed by atoms with Gasteiger partial charge in [0.2, 0.25) is 5.91 Å². The van der Waals surface area contributed by atoms with Crippen LogP contribution in [0.4, 0.5) is 4.39 Å². The summed E-state index contributed by atoms with van der Waals surface area (Å²) in [6.45, 7) is 1.25. The van der Waals surface area contributed by atoms with Crippen molar-refractivity contribution in [2.75, 3.05) is 19.7 Å². The molecule has 1 amide bonds. The molecule has 0 atom stereocenters. The molecule has 1 aliphatic heterocycles. The van der Waals surface area contributed by atoms with Crippen molar-refractivity contribution in [2.24, 2.45) is 0 Å². The van der Waals surface area contributed by atoms with Gasteiger partial charge in [0, 0.05) is 25.6 Å². The van der Waals surface area contributed by atoms with Crippen molar-refractivity contribution in [3.63, 3.8) is 0 Å². The summed E-state index contributed by atoms with van der Waals surface area (Å²) < 4.78 is 18.2. The number of rotatable bonds is 5. The Kier molecular flexibility index (Phi) is 4.15. The van der Waals surface area contributed by atoms with E-state index in [9.17, 15) is 9.18 Å². The molecule has 0 radical (unpaired) electrons. The van der Waals surface area contributed by atoms with E-state index in [1.54, 1.807) is 17.0 Å². The molecule has 1 saturated heterocycles. The third kappa shape index (κ3) is 3.43. The Morgan fingerprint density at radius 2 is 2.28 bits per heavy atom. The Morgan fingerprint density at radius 3 is 2.94 bits per heavy atom. The molecule has 0 aliphatic carbocycles. The van der Waals surface area contributed by atoms with E-state index in [0.717, 1.165) is 0 Å². The minimum atomic E-state index is -0.363. The Bertz CT molecular complexity index is 418. The van der Waals surface area contributed by atoms with Crippen LogP contribution in [-0.2, 0) is 4.79 Å². The summed E-state index contributed by atoms with van der Waals surface area (Å²) >= 11 is 0. The molecule has 2 rings (SSSR count). The summed E-state index contributed by atoms with van der Waals surface area (Å²) in [4.78, 5) is 13.2. The van der Waals surface area contributed by atoms with Crippen molar-refractivity contribution in [1.29, 1.82) is 0 Å². The molecule has 0 saturated carbocycles. The second-order valence-corrected chi connectivity index (χ2v) is 4.36. The third-order valence-electron chi connectivity index (χ3n) is 2.81. The van der Waals surface area contributed by atoms with Crippen molar-refractivity contribution in [2.45, 2.75) is 18.9 Å². The van der Waals surface area contributed by atoms with E-state index >= 15 is 0 Å². The number of β-amino-alcohol motifs (C(OH)–C–C–N with tert-alkyl or cyclic N) is 1. The van der Waals surface area contributed by atoms with Crippen LogP contribution in [0.1, 0.15) is 12.8 Å². The zero-order valence-corrected chi connectivity index (χ0v) is 10.0. The number of hydrogen-bond donors (Lipinski definition) is 1. The SMILES string of the molecule is O=C(CCCOc1cccc(F)c1)N1CC(O)C1. The smallest absolute Gasteiger partial charge is 0.222 e. The van der Waals surface area contributed by atoms with Crippen LogP contribution in [0.25, 0.3) is 0 Å². The van der Waals surface area contributed by atoms with E-state index in [2.05, 4.69) is 0 Å². The number of aliphatic hydroxyl groups is 1. The molecule has 1 heterocycles. The summed E-state index contributed by atoms with van der Waals surface area (Å²) in [6.07, 6.45) is 0.613. The highest BCUT2D eigenvalue weighted by atomic mass is 19.1. The van der Waals surface area contributed by atoms with Crippen LogP contribution in [0.2, 0.25) is 0 Å². The quantitative estimate of drug-likeness (QED) is 0.802. The van der Waals surface area contributed by atoms with Crippen LogP contribution < -0.4 is 4.74 Å². The summed E-state index contributed by atoms with van der Waals surface area (Å²) in [7, 11) is 0. The van der Waals surface area contributed by atoms with Gasteiger partial charge in [-0.3, -0.25) is 4.79 Å². The monoisotopic (exact) mass is 253 g/mol. The van der Waals surface area contributed by atoms with E-state index in [-0.39, 0.29) is 17.8 Å². The molecule has 4 nitrogen and oxygen atoms in total. The zero-order valence-electron chi connectivity index (χ0n) is 10.0. The Balaban J connectivity index is 1.62. The number of halogens is 1. The van der Waals surface area contributed by atoms with Crippen molar-refractivity contribution >= 4 is 5.91 Å². The third-order valence-corrected chi connectivity index (χ3v) is 2.81. The van der Waals surface area contributed by atoms with Gasteiger partial charge in [-0.05, 0) is 18.6 Å². The average Bonchev–Trinajstić information content (AvgIpc) is 2.30. The van der Waals surface area contributed by atoms with Crippen LogP contribution >= 0.6 is 0 Å². The fraction of sp³-hybridized carbons (Fsp3) is 0.462. The average molecular weight is 253 g/mol. The van der Waals surface area contributed by atoms with Crippen molar-refractivity contribution in [3.05, 3.63) is 30.1 Å². The number of nitrogens with zero attached hydrogens (tertiary/aromatic N) is 1. The van der Waals surface area contributed by atoms with Gasteiger partial charge < -0.3 is 14.7 Å². The van der Waals surface area contributed by atoms with Crippen molar-refractivity contribution < 1.29 is 19.0 Å². The molecule has 1 aromatic rings. The van der Waals surface area contributed by atoms with Gasteiger partial charge in [0.25, 0.3) is 0 Å². The van der Waals surface area contributed by atoms with E-state index in [1.165, 1.54) is 12.1 Å². The summed E-state index contributed by atoms with van der Waals surface area (Å²) in [5.74, 6) is 0.170. The molecule has 0 bridgehead atoms. The van der Waals surface area contributed by atoms with Crippen LogP contribution in [0, 0.1) is 5.82 Å². The van der Waals surface area contributed by atoms with Crippen molar-refractivity contribution in [1.82, 2.24) is 4.90 Å². The summed E-state index contributed by atoms with van der Waals surface area (Å²) in [6, 6.07) is 5.92. The normalized spacial score (nSPS) is 15.3. The Morgan fingerprint density at radius 1 is 1.50 bits per heavy atom. The van der Waals surface area contributed by atoms with Gasteiger partial charge in [-0.25, -0.2) is 4.39 Å². The van der Waals surface area contributed by atoms with Crippen molar-refractivity contribution in [3.8, 4) is 5.75 Å². The molecular weight excluding hydrogens is 237 g/mol. The number of likely N-dealkylation sites (tertiary alicyclic amines) is 1. The predicted octanol–water partition coefficient (Wildman–Crippen LogP) is 1.19. The minimum Gasteiger partial charge on any atom is -0.493 e. The number of benzene rings is 1. The fourth-order valence-corrected chi connectivity index (χ4v) is 1.79. The number of amides is 1. The second kappa shape index (κ2) is 5.82. The molecule has 0 unspecified atom stereocenters. The topological polar surface area (TPSA) is 49.8 Å². The predicted molar refractivity (Wildman–Crippen MR) is 63.7 cm³/mol. The number of carbonyl (C=O) groups is 1. The minimum absolute atomic E-state index is 0.0307. The number of ether oxygens (including phenoxy) is 1. The molecule has 1 aliphatic rings. The van der Waals surface area contributed by atoms with E-state index in [1.807, 2.05) is 0 Å². The molecule has 1 N–H and O–H groups in total. The van der Waals surface area contributed by atoms with Gasteiger partial charge in [0.15, 0.2) is 0 Å². The highest BCUT2D eigenvalue weighted by Crippen LogP contribution is 2.13. The molecule has 5 heteroatoms. The zero-order chi connectivity index (χ0) is 13.0. The first-order valence-corrected chi connectivity index (χ1v) is 5.99. The number of aliphatic hydroxyl groups excluding tert-OH is 1. The largest absolute Gasteiger partial charge is 0.493 e. The molecule has 18 heavy (non-hydrogen) atoms. The van der Waals surface area contributed by atoms with Crippen LogP contribution in [0.3, 0.4) is 0 Å². The van der Waals surface area contributed by atoms with E-state index < -0.39 is 0 Å². The van der Waals surface area contributed by atoms with Crippen LogP contribution in [-0.4, -0.2) is 41.7 Å². The first-order chi connectivity index (χ1) is 8.65. The Hall–Kier alpha value is -1.62. The fourth-order valence-electron chi connectivity index (χ4n) is 1.79. The van der Waals surface area contributed by atoms with Crippen LogP contribution in [0.15, 0.2) is 24.3 Å². The maximum Gasteiger partial charge on any atom is 0.222 e. The molecular formula is C13H16FNO3. The van der Waals surface area contributed by atoms with E-state index in [4.69, 9.17) is 9.84 Å². The summed E-state index contributed by atoms with van der Waals surface area (Å²) in [5.41, 5.74) is 0. The number of hydrogen-bond acceptors (Lipinski definition) is 3. The number of carbonyl (C=O) groups excluding carboxylic acids is 1. The van der Waals surface area contributed by atoms with Crippen LogP contribution in [0.5, 0.6) is 5.75 Å². The van der Waals surface area contributed by atoms with Gasteiger partial charge in [-0.15, -0.1) is 0 Å². The lowest BCUT2D eigenvalue weighted by molar-refractivity contribution is -0.141. The van der Waals surface area contributed by atoms with Gasteiger partial charge in [-0.1, -0.05) is 6.07 Å².